The molecule has 0 bridgehead atoms. The first-order valence-electron chi connectivity index (χ1n) is 6.93. The zero-order valence-electron chi connectivity index (χ0n) is 10.5. The number of nitrogens with one attached hydrogen (secondary N) is 2. The highest BCUT2D eigenvalue weighted by Crippen LogP contribution is 2.31. The molecule has 1 saturated carbocycles. The van der Waals surface area contributed by atoms with Gasteiger partial charge in [-0.1, -0.05) is 18.9 Å². The summed E-state index contributed by atoms with van der Waals surface area (Å²) in [6.45, 7) is 7.29. The Labute approximate surface area is 99.9 Å². The van der Waals surface area contributed by atoms with Crippen LogP contribution in [-0.4, -0.2) is 24.7 Å². The number of rotatable bonds is 4. The van der Waals surface area contributed by atoms with Crippen molar-refractivity contribution in [3.63, 3.8) is 0 Å². The molecule has 2 rings (SSSR count). The van der Waals surface area contributed by atoms with Crippen LogP contribution in [-0.2, 0) is 0 Å². The molecule has 16 heavy (non-hydrogen) atoms. The van der Waals surface area contributed by atoms with Crippen molar-refractivity contribution in [3.05, 3.63) is 12.7 Å². The first kappa shape index (κ1) is 12.1. The van der Waals surface area contributed by atoms with Gasteiger partial charge in [0.2, 0.25) is 0 Å². The van der Waals surface area contributed by atoms with Gasteiger partial charge in [0.15, 0.2) is 0 Å². The van der Waals surface area contributed by atoms with Crippen LogP contribution in [0.3, 0.4) is 0 Å². The highest BCUT2D eigenvalue weighted by atomic mass is 15.0. The zero-order valence-corrected chi connectivity index (χ0v) is 10.5. The summed E-state index contributed by atoms with van der Waals surface area (Å²) in [6.07, 6.45) is 10.3. The summed E-state index contributed by atoms with van der Waals surface area (Å²) >= 11 is 0. The second-order valence-corrected chi connectivity index (χ2v) is 5.45. The van der Waals surface area contributed by atoms with Crippen LogP contribution in [0.25, 0.3) is 0 Å². The van der Waals surface area contributed by atoms with Crippen LogP contribution < -0.4 is 10.6 Å². The number of hydrogen-bond donors (Lipinski definition) is 2. The summed E-state index contributed by atoms with van der Waals surface area (Å²) < 4.78 is 0. The van der Waals surface area contributed by atoms with E-state index < -0.39 is 0 Å². The highest BCUT2D eigenvalue weighted by Gasteiger charge is 2.34. The van der Waals surface area contributed by atoms with Crippen molar-refractivity contribution < 1.29 is 0 Å². The predicted molar refractivity (Wildman–Crippen MR) is 69.6 cm³/mol. The monoisotopic (exact) mass is 222 g/mol. The normalized spacial score (nSPS) is 37.2. The first-order valence-corrected chi connectivity index (χ1v) is 6.93. The molecule has 2 aliphatic rings. The molecular formula is C14H26N2. The summed E-state index contributed by atoms with van der Waals surface area (Å²) in [5.41, 5.74) is 0. The van der Waals surface area contributed by atoms with Crippen molar-refractivity contribution in [2.75, 3.05) is 6.54 Å². The van der Waals surface area contributed by atoms with Gasteiger partial charge in [-0.05, 0) is 45.1 Å². The molecule has 2 nitrogen and oxygen atoms in total. The molecule has 0 aromatic heterocycles. The standard InChI is InChI=1S/C14H26N2/c1-3-11(2)16-14-9-6-7-12(14)13-8-4-5-10-15-13/h3,11-16H,1,4-10H2,2H3. The van der Waals surface area contributed by atoms with Crippen molar-refractivity contribution in [2.24, 2.45) is 5.92 Å². The quantitative estimate of drug-likeness (QED) is 0.714. The van der Waals surface area contributed by atoms with E-state index in [9.17, 15) is 0 Å². The average molecular weight is 222 g/mol. The van der Waals surface area contributed by atoms with Crippen LogP contribution >= 0.6 is 0 Å². The van der Waals surface area contributed by atoms with E-state index in [1.807, 2.05) is 6.08 Å². The maximum atomic E-state index is 3.86. The molecule has 0 aromatic rings. The van der Waals surface area contributed by atoms with Crippen molar-refractivity contribution in [3.8, 4) is 0 Å². The lowest BCUT2D eigenvalue weighted by molar-refractivity contribution is 0.253. The van der Waals surface area contributed by atoms with Gasteiger partial charge in [-0.25, -0.2) is 0 Å². The molecule has 4 unspecified atom stereocenters. The molecule has 1 aliphatic heterocycles. The van der Waals surface area contributed by atoms with Crippen LogP contribution in [0.4, 0.5) is 0 Å². The lowest BCUT2D eigenvalue weighted by Gasteiger charge is -2.34. The van der Waals surface area contributed by atoms with Crippen LogP contribution in [0.5, 0.6) is 0 Å². The molecule has 1 saturated heterocycles. The Balaban J connectivity index is 1.88. The Kier molecular flexibility index (Phi) is 4.42. The zero-order chi connectivity index (χ0) is 11.4. The van der Waals surface area contributed by atoms with Crippen molar-refractivity contribution >= 4 is 0 Å². The molecule has 92 valence electrons. The molecule has 2 fully saturated rings. The molecule has 0 spiro atoms. The SMILES string of the molecule is C=CC(C)NC1CCCC1C1CCCCN1. The summed E-state index contributed by atoms with van der Waals surface area (Å²) in [7, 11) is 0. The fraction of sp³-hybridized carbons (Fsp3) is 0.857. The summed E-state index contributed by atoms with van der Waals surface area (Å²) in [6, 6.07) is 1.93. The number of hydrogen-bond acceptors (Lipinski definition) is 2. The van der Waals surface area contributed by atoms with Gasteiger partial charge >= 0.3 is 0 Å². The Morgan fingerprint density at radius 2 is 2.12 bits per heavy atom. The minimum Gasteiger partial charge on any atom is -0.314 e. The molecule has 0 amide bonds. The average Bonchev–Trinajstić information content (AvgIpc) is 2.78. The maximum absolute atomic E-state index is 3.86. The van der Waals surface area contributed by atoms with Crippen LogP contribution in [0, 0.1) is 5.92 Å². The van der Waals surface area contributed by atoms with Crippen LogP contribution in [0.15, 0.2) is 12.7 Å². The molecule has 2 N–H and O–H groups in total. The fourth-order valence-corrected chi connectivity index (χ4v) is 3.33. The number of piperidine rings is 1. The minimum absolute atomic E-state index is 0.453. The van der Waals surface area contributed by atoms with Crippen molar-refractivity contribution in [1.29, 1.82) is 0 Å². The largest absolute Gasteiger partial charge is 0.314 e. The third-order valence-electron chi connectivity index (χ3n) is 4.27. The maximum Gasteiger partial charge on any atom is 0.0221 e. The molecule has 0 aromatic carbocycles. The topological polar surface area (TPSA) is 24.1 Å². The second kappa shape index (κ2) is 5.83. The lowest BCUT2D eigenvalue weighted by Crippen LogP contribution is -2.48. The van der Waals surface area contributed by atoms with Gasteiger partial charge in [-0.3, -0.25) is 0 Å². The van der Waals surface area contributed by atoms with Crippen LogP contribution in [0.1, 0.15) is 45.4 Å². The van der Waals surface area contributed by atoms with Gasteiger partial charge in [-0.15, -0.1) is 6.58 Å². The van der Waals surface area contributed by atoms with Gasteiger partial charge in [0.25, 0.3) is 0 Å². The summed E-state index contributed by atoms with van der Waals surface area (Å²) in [4.78, 5) is 0. The molecule has 4 atom stereocenters. The van der Waals surface area contributed by atoms with E-state index in [1.165, 1.54) is 45.1 Å². The first-order chi connectivity index (χ1) is 7.81. The van der Waals surface area contributed by atoms with E-state index in [2.05, 4.69) is 24.1 Å². The van der Waals surface area contributed by atoms with E-state index in [0.29, 0.717) is 12.1 Å². The predicted octanol–water partition coefficient (Wildman–Crippen LogP) is 2.46. The smallest absolute Gasteiger partial charge is 0.0221 e. The van der Waals surface area contributed by atoms with E-state index >= 15 is 0 Å². The third kappa shape index (κ3) is 2.86. The Bertz CT molecular complexity index is 221. The Hall–Kier alpha value is -0.340. The van der Waals surface area contributed by atoms with E-state index in [-0.39, 0.29) is 0 Å². The molecule has 0 radical (unpaired) electrons. The molecule has 1 aliphatic carbocycles. The third-order valence-corrected chi connectivity index (χ3v) is 4.27. The second-order valence-electron chi connectivity index (χ2n) is 5.45. The Morgan fingerprint density at radius 1 is 1.25 bits per heavy atom. The summed E-state index contributed by atoms with van der Waals surface area (Å²) in [5, 5.41) is 7.43. The van der Waals surface area contributed by atoms with Gasteiger partial charge in [0.1, 0.15) is 0 Å². The summed E-state index contributed by atoms with van der Waals surface area (Å²) in [5.74, 6) is 0.850. The highest BCUT2D eigenvalue weighted by molar-refractivity contribution is 4.95. The molecule has 1 heterocycles. The van der Waals surface area contributed by atoms with Crippen LogP contribution in [0.2, 0.25) is 0 Å². The fourth-order valence-electron chi connectivity index (χ4n) is 3.33. The van der Waals surface area contributed by atoms with E-state index in [4.69, 9.17) is 0 Å². The van der Waals surface area contributed by atoms with Crippen molar-refractivity contribution in [2.45, 2.75) is 63.6 Å². The molecule has 2 heteroatoms. The van der Waals surface area contributed by atoms with Gasteiger partial charge in [0.05, 0.1) is 0 Å². The van der Waals surface area contributed by atoms with Crippen molar-refractivity contribution in [1.82, 2.24) is 10.6 Å². The van der Waals surface area contributed by atoms with Gasteiger partial charge in [-0.2, -0.15) is 0 Å². The molecular weight excluding hydrogens is 196 g/mol. The van der Waals surface area contributed by atoms with E-state index in [1.54, 1.807) is 0 Å². The van der Waals surface area contributed by atoms with Gasteiger partial charge < -0.3 is 10.6 Å². The van der Waals surface area contributed by atoms with Gasteiger partial charge in [0, 0.05) is 18.1 Å². The van der Waals surface area contributed by atoms with E-state index in [0.717, 1.165) is 12.0 Å². The lowest BCUT2D eigenvalue weighted by atomic mass is 9.88. The Morgan fingerprint density at radius 3 is 2.81 bits per heavy atom. The minimum atomic E-state index is 0.453.